The Labute approximate surface area is 132 Å². The monoisotopic (exact) mass is 309 g/mol. The van der Waals surface area contributed by atoms with E-state index in [4.69, 9.17) is 12.2 Å². The Morgan fingerprint density at radius 1 is 1.19 bits per heavy atom. The van der Waals surface area contributed by atoms with Gasteiger partial charge in [-0.3, -0.25) is 4.57 Å². The number of anilines is 1. The zero-order valence-corrected chi connectivity index (χ0v) is 14.2. The normalized spacial score (nSPS) is 27.7. The molecule has 21 heavy (non-hydrogen) atoms. The fourth-order valence-electron chi connectivity index (χ4n) is 3.97. The number of rotatable bonds is 3. The Hall–Kier alpha value is -0.880. The lowest BCUT2D eigenvalue weighted by molar-refractivity contribution is 0.266. The Morgan fingerprint density at radius 2 is 1.90 bits per heavy atom. The molecule has 2 unspecified atom stereocenters. The van der Waals surface area contributed by atoms with E-state index in [1.54, 1.807) is 0 Å². The van der Waals surface area contributed by atoms with Crippen LogP contribution in [0.15, 0.2) is 0 Å². The fourth-order valence-corrected chi connectivity index (χ4v) is 4.25. The smallest absolute Gasteiger partial charge is 0.226 e. The molecule has 2 aliphatic rings. The highest BCUT2D eigenvalue weighted by Gasteiger charge is 2.34. The maximum atomic E-state index is 5.51. The van der Waals surface area contributed by atoms with Crippen LogP contribution in [0.25, 0.3) is 0 Å². The van der Waals surface area contributed by atoms with Crippen LogP contribution in [0, 0.1) is 10.7 Å². The van der Waals surface area contributed by atoms with Gasteiger partial charge in [0.15, 0.2) is 4.77 Å². The van der Waals surface area contributed by atoms with E-state index in [1.165, 1.54) is 32.1 Å². The lowest BCUT2D eigenvalue weighted by Crippen LogP contribution is -2.35. The summed E-state index contributed by atoms with van der Waals surface area (Å²) in [5.74, 6) is 1.72. The molecule has 1 aliphatic carbocycles. The lowest BCUT2D eigenvalue weighted by Gasteiger charge is -2.27. The first-order chi connectivity index (χ1) is 10.1. The molecular formula is C15H27N5S. The summed E-state index contributed by atoms with van der Waals surface area (Å²) >= 11 is 5.51. The average Bonchev–Trinajstić information content (AvgIpc) is 3.03. The molecule has 2 heterocycles. The number of aromatic amines is 1. The highest BCUT2D eigenvalue weighted by Crippen LogP contribution is 2.33. The van der Waals surface area contributed by atoms with Crippen molar-refractivity contribution in [3.05, 3.63) is 4.77 Å². The van der Waals surface area contributed by atoms with Crippen molar-refractivity contribution < 1.29 is 0 Å². The molecule has 0 bridgehead atoms. The van der Waals surface area contributed by atoms with Crippen molar-refractivity contribution >= 4 is 18.2 Å². The van der Waals surface area contributed by atoms with E-state index in [1.807, 2.05) is 0 Å². The predicted molar refractivity (Wildman–Crippen MR) is 88.4 cm³/mol. The molecule has 5 nitrogen and oxygen atoms in total. The second-order valence-corrected chi connectivity index (χ2v) is 7.29. The van der Waals surface area contributed by atoms with E-state index < -0.39 is 0 Å². The molecule has 0 amide bonds. The quantitative estimate of drug-likeness (QED) is 0.872. The largest absolute Gasteiger partial charge is 0.339 e. The van der Waals surface area contributed by atoms with Crippen molar-refractivity contribution in [3.8, 4) is 0 Å². The third kappa shape index (κ3) is 2.88. The minimum absolute atomic E-state index is 0.536. The number of H-pyrrole nitrogens is 1. The van der Waals surface area contributed by atoms with Crippen LogP contribution in [-0.2, 0) is 0 Å². The maximum absolute atomic E-state index is 5.51. The summed E-state index contributed by atoms with van der Waals surface area (Å²) in [6.45, 7) is 4.44. The van der Waals surface area contributed by atoms with Crippen molar-refractivity contribution in [2.75, 3.05) is 32.1 Å². The van der Waals surface area contributed by atoms with Gasteiger partial charge in [0, 0.05) is 25.2 Å². The molecular weight excluding hydrogens is 282 g/mol. The molecule has 1 N–H and O–H groups in total. The maximum Gasteiger partial charge on any atom is 0.226 e. The van der Waals surface area contributed by atoms with E-state index >= 15 is 0 Å². The Balaban J connectivity index is 1.85. The zero-order valence-electron chi connectivity index (χ0n) is 13.4. The first-order valence-electron chi connectivity index (χ1n) is 8.16. The molecule has 6 heteroatoms. The van der Waals surface area contributed by atoms with Crippen LogP contribution in [0.2, 0.25) is 0 Å². The number of aromatic nitrogens is 3. The van der Waals surface area contributed by atoms with Crippen LogP contribution in [0.5, 0.6) is 0 Å². The highest BCUT2D eigenvalue weighted by molar-refractivity contribution is 7.71. The SMILES string of the molecule is CC1CN(c2n[nH]c(=S)n2C2CCCCC2)CC1N(C)C. The summed E-state index contributed by atoms with van der Waals surface area (Å²) in [7, 11) is 4.34. The Kier molecular flexibility index (Phi) is 4.36. The van der Waals surface area contributed by atoms with Gasteiger partial charge >= 0.3 is 0 Å². The molecule has 1 aromatic heterocycles. The molecule has 0 aromatic carbocycles. The van der Waals surface area contributed by atoms with Gasteiger partial charge in [-0.15, -0.1) is 5.10 Å². The first kappa shape index (κ1) is 15.0. The molecule has 1 aliphatic heterocycles. The topological polar surface area (TPSA) is 40.1 Å². The van der Waals surface area contributed by atoms with Crippen molar-refractivity contribution in [3.63, 3.8) is 0 Å². The minimum Gasteiger partial charge on any atom is -0.339 e. The van der Waals surface area contributed by atoms with Crippen LogP contribution in [0.1, 0.15) is 45.1 Å². The molecule has 0 spiro atoms. The molecule has 1 saturated carbocycles. The molecule has 118 valence electrons. The summed E-state index contributed by atoms with van der Waals surface area (Å²) in [4.78, 5) is 4.74. The number of hydrogen-bond acceptors (Lipinski definition) is 4. The molecule has 2 atom stereocenters. The Bertz CT molecular complexity index is 528. The highest BCUT2D eigenvalue weighted by atomic mass is 32.1. The van der Waals surface area contributed by atoms with Gasteiger partial charge in [0.05, 0.1) is 0 Å². The number of likely N-dealkylation sites (N-methyl/N-ethyl adjacent to an activating group) is 1. The van der Waals surface area contributed by atoms with E-state index in [-0.39, 0.29) is 0 Å². The van der Waals surface area contributed by atoms with E-state index in [2.05, 4.69) is 45.6 Å². The predicted octanol–water partition coefficient (Wildman–Crippen LogP) is 2.83. The Morgan fingerprint density at radius 3 is 2.52 bits per heavy atom. The average molecular weight is 309 g/mol. The lowest BCUT2D eigenvalue weighted by atomic mass is 9.95. The van der Waals surface area contributed by atoms with Crippen molar-refractivity contribution in [2.24, 2.45) is 5.92 Å². The third-order valence-corrected chi connectivity index (χ3v) is 5.43. The summed E-state index contributed by atoms with van der Waals surface area (Å²) < 4.78 is 3.08. The zero-order chi connectivity index (χ0) is 15.0. The molecule has 1 aromatic rings. The molecule has 3 rings (SSSR count). The van der Waals surface area contributed by atoms with Gasteiger partial charge < -0.3 is 9.80 Å². The van der Waals surface area contributed by atoms with Crippen LogP contribution in [0.3, 0.4) is 0 Å². The first-order valence-corrected chi connectivity index (χ1v) is 8.57. The van der Waals surface area contributed by atoms with Gasteiger partial charge in [-0.05, 0) is 45.1 Å². The van der Waals surface area contributed by atoms with Gasteiger partial charge in [-0.1, -0.05) is 26.2 Å². The van der Waals surface area contributed by atoms with Crippen molar-refractivity contribution in [2.45, 2.75) is 51.1 Å². The minimum atomic E-state index is 0.536. The summed E-state index contributed by atoms with van der Waals surface area (Å²) in [6, 6.07) is 1.13. The van der Waals surface area contributed by atoms with Crippen LogP contribution < -0.4 is 4.90 Å². The second kappa shape index (κ2) is 6.08. The van der Waals surface area contributed by atoms with E-state index in [9.17, 15) is 0 Å². The third-order valence-electron chi connectivity index (χ3n) is 5.14. The summed E-state index contributed by atoms with van der Waals surface area (Å²) in [5.41, 5.74) is 0. The van der Waals surface area contributed by atoms with Gasteiger partial charge in [-0.2, -0.15) is 0 Å². The van der Waals surface area contributed by atoms with Gasteiger partial charge in [0.25, 0.3) is 0 Å². The number of nitrogens with one attached hydrogen (secondary N) is 1. The van der Waals surface area contributed by atoms with Gasteiger partial charge in [0.1, 0.15) is 0 Å². The molecule has 1 saturated heterocycles. The van der Waals surface area contributed by atoms with Crippen LogP contribution >= 0.6 is 12.2 Å². The number of nitrogens with zero attached hydrogens (tertiary/aromatic N) is 4. The fraction of sp³-hybridized carbons (Fsp3) is 0.867. The van der Waals surface area contributed by atoms with Crippen molar-refractivity contribution in [1.82, 2.24) is 19.7 Å². The van der Waals surface area contributed by atoms with E-state index in [0.29, 0.717) is 18.0 Å². The van der Waals surface area contributed by atoms with Crippen LogP contribution in [-0.4, -0.2) is 52.9 Å². The van der Waals surface area contributed by atoms with Crippen molar-refractivity contribution in [1.29, 1.82) is 0 Å². The second-order valence-electron chi connectivity index (χ2n) is 6.90. The van der Waals surface area contributed by atoms with Gasteiger partial charge in [-0.25, -0.2) is 5.10 Å². The summed E-state index contributed by atoms with van der Waals surface area (Å²) in [6.07, 6.45) is 6.46. The summed E-state index contributed by atoms with van der Waals surface area (Å²) in [5, 5.41) is 7.59. The molecule has 2 fully saturated rings. The van der Waals surface area contributed by atoms with Crippen LogP contribution in [0.4, 0.5) is 5.95 Å². The number of hydrogen-bond donors (Lipinski definition) is 1. The van der Waals surface area contributed by atoms with Gasteiger partial charge in [0.2, 0.25) is 5.95 Å². The van der Waals surface area contributed by atoms with E-state index in [0.717, 1.165) is 23.8 Å². The standard InChI is InChI=1S/C15H27N5S/c1-11-9-19(10-13(11)18(2)3)14-16-17-15(21)20(14)12-7-5-4-6-8-12/h11-13H,4-10H2,1-3H3,(H,17,21). The molecule has 0 radical (unpaired) electrons.